The van der Waals surface area contributed by atoms with Crippen LogP contribution in [0.4, 0.5) is 0 Å². The van der Waals surface area contributed by atoms with E-state index >= 15 is 0 Å². The number of para-hydroxylation sites is 1. The molecule has 0 spiro atoms. The van der Waals surface area contributed by atoms with Gasteiger partial charge in [-0.3, -0.25) is 4.98 Å². The molecule has 0 saturated heterocycles. The fourth-order valence-corrected chi connectivity index (χ4v) is 4.01. The third kappa shape index (κ3) is 2.12. The molecule has 4 rings (SSSR count). The Morgan fingerprint density at radius 1 is 0.955 bits per heavy atom. The lowest BCUT2D eigenvalue weighted by Crippen LogP contribution is -2.18. The predicted molar refractivity (Wildman–Crippen MR) is 92.4 cm³/mol. The first-order chi connectivity index (χ1) is 10.7. The first-order valence-corrected chi connectivity index (χ1v) is 8.18. The summed E-state index contributed by atoms with van der Waals surface area (Å²) in [5.41, 5.74) is 6.77. The van der Waals surface area contributed by atoms with Gasteiger partial charge in [-0.1, -0.05) is 49.4 Å². The number of pyridine rings is 1. The average molecular weight is 287 g/mol. The van der Waals surface area contributed by atoms with Gasteiger partial charge in [0.2, 0.25) is 0 Å². The Labute approximate surface area is 132 Å². The molecular formula is C21H21N. The minimum absolute atomic E-state index is 0.562. The molecule has 1 aliphatic carbocycles. The third-order valence-electron chi connectivity index (χ3n) is 5.23. The maximum Gasteiger partial charge on any atom is 0.0705 e. The number of fused-ring (bicyclic) bond motifs is 2. The van der Waals surface area contributed by atoms with Crippen LogP contribution in [0.5, 0.6) is 0 Å². The molecule has 2 atom stereocenters. The van der Waals surface area contributed by atoms with Crippen molar-refractivity contribution in [3.8, 4) is 0 Å². The lowest BCUT2D eigenvalue weighted by molar-refractivity contribution is 0.499. The van der Waals surface area contributed by atoms with Gasteiger partial charge in [-0.2, -0.15) is 0 Å². The Morgan fingerprint density at radius 2 is 1.73 bits per heavy atom. The Hall–Kier alpha value is -2.15. The van der Waals surface area contributed by atoms with Gasteiger partial charge in [-0.15, -0.1) is 0 Å². The highest BCUT2D eigenvalue weighted by Crippen LogP contribution is 2.43. The predicted octanol–water partition coefficient (Wildman–Crippen LogP) is 5.38. The van der Waals surface area contributed by atoms with Crippen LogP contribution in [0, 0.1) is 6.92 Å². The average Bonchev–Trinajstić information content (AvgIpc) is 2.55. The fourth-order valence-electron chi connectivity index (χ4n) is 4.01. The standard InChI is InChI=1S/C21H21N/c1-14-18-9-5-3-7-16(18)11-12-19(14)20-13-17-8-4-6-10-21(17)22-15(20)2/h3-10,13-14,19H,11-12H2,1-2H3. The number of nitrogens with zero attached hydrogens (tertiary/aromatic N) is 1. The normalized spacial score (nSPS) is 20.8. The number of aromatic nitrogens is 1. The molecule has 0 radical (unpaired) electrons. The van der Waals surface area contributed by atoms with Crippen LogP contribution >= 0.6 is 0 Å². The van der Waals surface area contributed by atoms with Crippen LogP contribution in [0.25, 0.3) is 10.9 Å². The van der Waals surface area contributed by atoms with Gasteiger partial charge in [-0.25, -0.2) is 0 Å². The van der Waals surface area contributed by atoms with Crippen LogP contribution in [-0.4, -0.2) is 4.98 Å². The molecule has 1 aliphatic rings. The Kier molecular flexibility index (Phi) is 3.22. The van der Waals surface area contributed by atoms with Gasteiger partial charge in [0, 0.05) is 11.1 Å². The molecule has 2 aromatic carbocycles. The monoisotopic (exact) mass is 287 g/mol. The van der Waals surface area contributed by atoms with E-state index in [1.54, 1.807) is 0 Å². The summed E-state index contributed by atoms with van der Waals surface area (Å²) in [6.07, 6.45) is 2.40. The number of aryl methyl sites for hydroxylation is 2. The second-order valence-electron chi connectivity index (χ2n) is 6.49. The second-order valence-corrected chi connectivity index (χ2v) is 6.49. The number of hydrogen-bond acceptors (Lipinski definition) is 1. The minimum Gasteiger partial charge on any atom is -0.253 e. The smallest absolute Gasteiger partial charge is 0.0705 e. The minimum atomic E-state index is 0.562. The van der Waals surface area contributed by atoms with E-state index in [0.717, 1.165) is 5.52 Å². The highest BCUT2D eigenvalue weighted by atomic mass is 14.7. The maximum atomic E-state index is 4.84. The van der Waals surface area contributed by atoms with E-state index in [9.17, 15) is 0 Å². The number of hydrogen-bond donors (Lipinski definition) is 0. The van der Waals surface area contributed by atoms with E-state index in [0.29, 0.717) is 11.8 Å². The summed E-state index contributed by atoms with van der Waals surface area (Å²) >= 11 is 0. The molecule has 1 aromatic heterocycles. The Bertz CT molecular complexity index is 834. The van der Waals surface area contributed by atoms with Gasteiger partial charge in [0.1, 0.15) is 0 Å². The highest BCUT2D eigenvalue weighted by Gasteiger charge is 2.28. The third-order valence-corrected chi connectivity index (χ3v) is 5.23. The van der Waals surface area contributed by atoms with Crippen molar-refractivity contribution in [2.45, 2.75) is 38.5 Å². The summed E-state index contributed by atoms with van der Waals surface area (Å²) in [5.74, 6) is 1.14. The largest absolute Gasteiger partial charge is 0.253 e. The molecule has 0 bridgehead atoms. The van der Waals surface area contributed by atoms with Crippen molar-refractivity contribution >= 4 is 10.9 Å². The lowest BCUT2D eigenvalue weighted by Gasteiger charge is -2.32. The second kappa shape index (κ2) is 5.24. The molecule has 1 heterocycles. The van der Waals surface area contributed by atoms with Gasteiger partial charge >= 0.3 is 0 Å². The van der Waals surface area contributed by atoms with Crippen molar-refractivity contribution in [2.24, 2.45) is 0 Å². The summed E-state index contributed by atoms with van der Waals surface area (Å²) < 4.78 is 0. The number of rotatable bonds is 1. The molecule has 0 amide bonds. The van der Waals surface area contributed by atoms with E-state index in [1.807, 2.05) is 0 Å². The maximum absolute atomic E-state index is 4.84. The summed E-state index contributed by atoms with van der Waals surface area (Å²) in [7, 11) is 0. The Balaban J connectivity index is 1.81. The van der Waals surface area contributed by atoms with Crippen LogP contribution in [0.1, 0.15) is 47.6 Å². The van der Waals surface area contributed by atoms with E-state index < -0.39 is 0 Å². The van der Waals surface area contributed by atoms with Crippen molar-refractivity contribution in [2.75, 3.05) is 0 Å². The first kappa shape index (κ1) is 13.5. The van der Waals surface area contributed by atoms with Crippen molar-refractivity contribution in [3.63, 3.8) is 0 Å². The molecule has 1 heteroatoms. The fraction of sp³-hybridized carbons (Fsp3) is 0.286. The van der Waals surface area contributed by atoms with Gasteiger partial charge in [0.25, 0.3) is 0 Å². The molecule has 1 nitrogen and oxygen atoms in total. The summed E-state index contributed by atoms with van der Waals surface area (Å²) in [6, 6.07) is 19.7. The zero-order valence-corrected chi connectivity index (χ0v) is 13.2. The van der Waals surface area contributed by atoms with Gasteiger partial charge in [-0.05, 0) is 60.4 Å². The van der Waals surface area contributed by atoms with Crippen LogP contribution < -0.4 is 0 Å². The molecule has 22 heavy (non-hydrogen) atoms. The molecule has 110 valence electrons. The molecule has 0 aliphatic heterocycles. The van der Waals surface area contributed by atoms with E-state index in [1.165, 1.54) is 40.6 Å². The van der Waals surface area contributed by atoms with Crippen molar-refractivity contribution in [3.05, 3.63) is 77.0 Å². The molecule has 0 saturated carbocycles. The lowest BCUT2D eigenvalue weighted by atomic mass is 9.72. The SMILES string of the molecule is Cc1nc2ccccc2cc1C1CCc2ccccc2C1C. The van der Waals surface area contributed by atoms with Crippen molar-refractivity contribution in [1.29, 1.82) is 0 Å². The summed E-state index contributed by atoms with van der Waals surface area (Å²) in [6.45, 7) is 4.53. The first-order valence-electron chi connectivity index (χ1n) is 8.18. The molecule has 3 aromatic rings. The van der Waals surface area contributed by atoms with Gasteiger partial charge < -0.3 is 0 Å². The van der Waals surface area contributed by atoms with Crippen LogP contribution in [0.2, 0.25) is 0 Å². The van der Waals surface area contributed by atoms with E-state index in [-0.39, 0.29) is 0 Å². The van der Waals surface area contributed by atoms with Crippen LogP contribution in [-0.2, 0) is 6.42 Å². The Morgan fingerprint density at radius 3 is 2.64 bits per heavy atom. The van der Waals surface area contributed by atoms with Gasteiger partial charge in [0.05, 0.1) is 5.52 Å². The van der Waals surface area contributed by atoms with Gasteiger partial charge in [0.15, 0.2) is 0 Å². The summed E-state index contributed by atoms with van der Waals surface area (Å²) in [4.78, 5) is 4.84. The molecule has 0 fully saturated rings. The van der Waals surface area contributed by atoms with Crippen LogP contribution in [0.15, 0.2) is 54.6 Å². The van der Waals surface area contributed by atoms with E-state index in [2.05, 4.69) is 68.4 Å². The van der Waals surface area contributed by atoms with Crippen molar-refractivity contribution in [1.82, 2.24) is 4.98 Å². The molecular weight excluding hydrogens is 266 g/mol. The highest BCUT2D eigenvalue weighted by molar-refractivity contribution is 5.79. The quantitative estimate of drug-likeness (QED) is 0.586. The van der Waals surface area contributed by atoms with Crippen LogP contribution in [0.3, 0.4) is 0 Å². The number of benzene rings is 2. The summed E-state index contributed by atoms with van der Waals surface area (Å²) in [5, 5.41) is 1.26. The van der Waals surface area contributed by atoms with E-state index in [4.69, 9.17) is 4.98 Å². The molecule has 0 N–H and O–H groups in total. The zero-order chi connectivity index (χ0) is 15.1. The van der Waals surface area contributed by atoms with Crippen molar-refractivity contribution < 1.29 is 0 Å². The molecule has 2 unspecified atom stereocenters. The zero-order valence-electron chi connectivity index (χ0n) is 13.2. The topological polar surface area (TPSA) is 12.9 Å².